The zero-order valence-corrected chi connectivity index (χ0v) is 27.4. The van der Waals surface area contributed by atoms with Crippen molar-refractivity contribution in [1.82, 2.24) is 15.3 Å². The fourth-order valence-corrected chi connectivity index (χ4v) is 6.35. The molecule has 0 amide bonds. The predicted octanol–water partition coefficient (Wildman–Crippen LogP) is 7.10. The number of carbonyl (C=O) groups is 1. The third kappa shape index (κ3) is 9.15. The van der Waals surface area contributed by atoms with E-state index in [2.05, 4.69) is 20.0 Å². The maximum Gasteiger partial charge on any atom is 0.490 e. The number of anilines is 1. The van der Waals surface area contributed by atoms with Gasteiger partial charge in [0.15, 0.2) is 11.5 Å². The second-order valence-electron chi connectivity index (χ2n) is 11.5. The number of fused-ring (bicyclic) bond motifs is 1. The largest absolute Gasteiger partial charge is 0.504 e. The van der Waals surface area contributed by atoms with Crippen LogP contribution in [0, 0.1) is 0 Å². The molecule has 5 aromatic rings. The number of aromatic nitrogens is 2. The molecule has 0 radical (unpaired) electrons. The van der Waals surface area contributed by atoms with Gasteiger partial charge in [0.2, 0.25) is 0 Å². The molecule has 4 aromatic carbocycles. The minimum Gasteiger partial charge on any atom is -0.504 e. The Balaban J connectivity index is 0.000000679. The van der Waals surface area contributed by atoms with E-state index in [9.17, 15) is 45.0 Å². The van der Waals surface area contributed by atoms with Crippen molar-refractivity contribution in [3.63, 3.8) is 0 Å². The van der Waals surface area contributed by atoms with Crippen LogP contribution < -0.4 is 10.0 Å². The average Bonchev–Trinajstić information content (AvgIpc) is 3.09. The van der Waals surface area contributed by atoms with E-state index >= 15 is 0 Å². The van der Waals surface area contributed by atoms with Crippen LogP contribution in [0.3, 0.4) is 0 Å². The molecule has 272 valence electrons. The summed E-state index contributed by atoms with van der Waals surface area (Å²) in [5, 5.41) is 30.4. The lowest BCUT2D eigenvalue weighted by Crippen LogP contribution is -2.31. The highest BCUT2D eigenvalue weighted by molar-refractivity contribution is 7.92. The molecule has 0 saturated heterocycles. The van der Waals surface area contributed by atoms with Crippen molar-refractivity contribution in [2.45, 2.75) is 36.1 Å². The Hall–Kier alpha value is -5.68. The molecule has 10 nitrogen and oxygen atoms in total. The lowest BCUT2D eigenvalue weighted by molar-refractivity contribution is -0.192. The number of phenolic OH excluding ortho intramolecular Hbond substituents is 2. The van der Waals surface area contributed by atoms with Crippen LogP contribution in [0.1, 0.15) is 28.3 Å². The van der Waals surface area contributed by atoms with Crippen LogP contribution in [-0.2, 0) is 33.8 Å². The molecule has 6 rings (SSSR count). The summed E-state index contributed by atoms with van der Waals surface area (Å²) in [6.07, 6.45) is -5.24. The molecule has 1 aliphatic heterocycles. The monoisotopic (exact) mass is 746 g/mol. The number of carboxylic acids is 1. The number of hydrogen-bond donors (Lipinski definition) is 5. The van der Waals surface area contributed by atoms with Crippen LogP contribution in [-0.4, -0.2) is 52.4 Å². The number of halogens is 6. The van der Waals surface area contributed by atoms with Gasteiger partial charge in [-0.25, -0.2) is 18.2 Å². The number of hydrogen-bond acceptors (Lipinski definition) is 8. The molecule has 1 atom stereocenters. The van der Waals surface area contributed by atoms with Gasteiger partial charge >= 0.3 is 18.3 Å². The van der Waals surface area contributed by atoms with E-state index in [1.807, 2.05) is 12.1 Å². The summed E-state index contributed by atoms with van der Waals surface area (Å²) in [5.74, 6) is -3.06. The van der Waals surface area contributed by atoms with Gasteiger partial charge in [0, 0.05) is 22.9 Å². The van der Waals surface area contributed by atoms with Crippen molar-refractivity contribution in [2.24, 2.45) is 0 Å². The van der Waals surface area contributed by atoms with Gasteiger partial charge in [0.05, 0.1) is 34.2 Å². The Morgan fingerprint density at radius 3 is 1.90 bits per heavy atom. The Morgan fingerprint density at radius 2 is 1.37 bits per heavy atom. The van der Waals surface area contributed by atoms with Gasteiger partial charge in [-0.05, 0) is 84.6 Å². The third-order valence-corrected chi connectivity index (χ3v) is 9.29. The molecule has 0 fully saturated rings. The molecule has 1 aromatic heterocycles. The fraction of sp³-hybridized carbons (Fsp3) is 0.171. The number of carboxylic acid groups (broad SMARTS) is 1. The Labute approximate surface area is 292 Å². The number of phenols is 2. The smallest absolute Gasteiger partial charge is 0.490 e. The van der Waals surface area contributed by atoms with Crippen LogP contribution >= 0.6 is 0 Å². The molecule has 52 heavy (non-hydrogen) atoms. The Morgan fingerprint density at radius 1 is 0.827 bits per heavy atom. The van der Waals surface area contributed by atoms with Gasteiger partial charge in [-0.3, -0.25) is 9.71 Å². The number of alkyl halides is 6. The highest BCUT2D eigenvalue weighted by atomic mass is 32.2. The molecule has 5 N–H and O–H groups in total. The fourth-order valence-electron chi connectivity index (χ4n) is 5.29. The van der Waals surface area contributed by atoms with Crippen molar-refractivity contribution in [2.75, 3.05) is 11.3 Å². The SMILES string of the molecule is O=C(O)C(F)(F)F.O=S(=O)(Nc1ccc(CC2NCCc3cc(O)c(O)cc32)cc1)c1ccc(-c2cncc(-c3ccc(C(F)(F)F)cc3)n2)cc1. The molecule has 1 unspecified atom stereocenters. The van der Waals surface area contributed by atoms with Gasteiger partial charge < -0.3 is 20.6 Å². The van der Waals surface area contributed by atoms with E-state index in [-0.39, 0.29) is 22.4 Å². The van der Waals surface area contributed by atoms with Crippen LogP contribution in [0.4, 0.5) is 32.0 Å². The first-order chi connectivity index (χ1) is 24.4. The maximum atomic E-state index is 13.1. The van der Waals surface area contributed by atoms with E-state index in [0.29, 0.717) is 34.6 Å². The molecule has 17 heteroatoms. The molecule has 2 heterocycles. The molecule has 0 spiro atoms. The van der Waals surface area contributed by atoms with Crippen molar-refractivity contribution >= 4 is 21.7 Å². The Kier molecular flexibility index (Phi) is 10.8. The lowest BCUT2D eigenvalue weighted by atomic mass is 9.90. The molecular weight excluding hydrogens is 718 g/mol. The summed E-state index contributed by atoms with van der Waals surface area (Å²) in [5.41, 5.74) is 4.34. The first kappa shape index (κ1) is 37.6. The molecular formula is C35H28F6N4O6S. The molecule has 0 saturated carbocycles. The summed E-state index contributed by atoms with van der Waals surface area (Å²) in [7, 11) is -3.91. The van der Waals surface area contributed by atoms with Crippen LogP contribution in [0.2, 0.25) is 0 Å². The number of nitrogens with one attached hydrogen (secondary N) is 2. The minimum atomic E-state index is -5.08. The highest BCUT2D eigenvalue weighted by Crippen LogP contribution is 2.35. The van der Waals surface area contributed by atoms with Crippen molar-refractivity contribution < 1.29 is 54.9 Å². The van der Waals surface area contributed by atoms with Gasteiger partial charge in [-0.1, -0.05) is 36.4 Å². The first-order valence-electron chi connectivity index (χ1n) is 15.2. The first-order valence-corrected chi connectivity index (χ1v) is 16.7. The van der Waals surface area contributed by atoms with E-state index in [0.717, 1.165) is 41.8 Å². The van der Waals surface area contributed by atoms with Gasteiger partial charge in [0.25, 0.3) is 10.0 Å². The predicted molar refractivity (Wildman–Crippen MR) is 177 cm³/mol. The normalized spacial score (nSPS) is 14.5. The van der Waals surface area contributed by atoms with Gasteiger partial charge in [-0.15, -0.1) is 0 Å². The van der Waals surface area contributed by atoms with Crippen LogP contribution in [0.25, 0.3) is 22.5 Å². The van der Waals surface area contributed by atoms with Crippen LogP contribution in [0.15, 0.2) is 102 Å². The summed E-state index contributed by atoms with van der Waals surface area (Å²) in [6, 6.07) is 20.8. The highest BCUT2D eigenvalue weighted by Gasteiger charge is 2.38. The van der Waals surface area contributed by atoms with Crippen molar-refractivity contribution in [3.05, 3.63) is 120 Å². The summed E-state index contributed by atoms with van der Waals surface area (Å²) in [6.45, 7) is 0.732. The number of rotatable bonds is 7. The lowest BCUT2D eigenvalue weighted by Gasteiger charge is -2.27. The molecule has 1 aliphatic rings. The number of aromatic hydroxyl groups is 2. The van der Waals surface area contributed by atoms with Gasteiger partial charge in [-0.2, -0.15) is 26.3 Å². The average molecular weight is 747 g/mol. The van der Waals surface area contributed by atoms with E-state index in [1.54, 1.807) is 36.4 Å². The summed E-state index contributed by atoms with van der Waals surface area (Å²) in [4.78, 5) is 17.6. The third-order valence-electron chi connectivity index (χ3n) is 7.89. The topological polar surface area (TPSA) is 162 Å². The minimum absolute atomic E-state index is 0.0354. The second-order valence-corrected chi connectivity index (χ2v) is 13.2. The molecule has 0 aliphatic carbocycles. The maximum absolute atomic E-state index is 13.1. The quantitative estimate of drug-likeness (QED) is 0.0864. The van der Waals surface area contributed by atoms with E-state index < -0.39 is 33.9 Å². The van der Waals surface area contributed by atoms with Gasteiger partial charge in [0.1, 0.15) is 0 Å². The van der Waals surface area contributed by atoms with Crippen molar-refractivity contribution in [3.8, 4) is 34.0 Å². The second kappa shape index (κ2) is 14.9. The van der Waals surface area contributed by atoms with Crippen molar-refractivity contribution in [1.29, 1.82) is 0 Å². The number of aliphatic carboxylic acids is 1. The summed E-state index contributed by atoms with van der Waals surface area (Å²) < 4.78 is 99.3. The zero-order chi connectivity index (χ0) is 37.8. The number of nitrogens with zero attached hydrogens (tertiary/aromatic N) is 2. The van der Waals surface area contributed by atoms with E-state index in [4.69, 9.17) is 9.90 Å². The Bertz CT molecular complexity index is 2160. The standard InChI is InChI=1S/C33H27F3N4O4S.C2HF3O2/c34-33(35,36)24-7-3-21(4-8-24)29-18-37-19-30(39-29)22-5-11-26(12-6-22)45(43,44)40-25-9-1-20(2-10-25)15-28-27-17-32(42)31(41)16-23(27)13-14-38-28;3-2(4,5)1(6)7/h1-12,16-19,28,38,40-42H,13-15H2;(H,6,7). The van der Waals surface area contributed by atoms with E-state index in [1.165, 1.54) is 36.7 Å². The van der Waals surface area contributed by atoms with Crippen LogP contribution in [0.5, 0.6) is 11.5 Å². The summed E-state index contributed by atoms with van der Waals surface area (Å²) >= 11 is 0. The zero-order valence-electron chi connectivity index (χ0n) is 26.6. The number of benzene rings is 4. The number of sulfonamides is 1. The molecule has 0 bridgehead atoms.